The van der Waals surface area contributed by atoms with Gasteiger partial charge in [-0.2, -0.15) is 0 Å². The van der Waals surface area contributed by atoms with Crippen molar-refractivity contribution in [2.45, 2.75) is 26.4 Å². The number of fused-ring (bicyclic) bond motifs is 1. The number of aliphatic hydroxyl groups is 1. The van der Waals surface area contributed by atoms with Gasteiger partial charge in [-0.3, -0.25) is 4.79 Å². The van der Waals surface area contributed by atoms with Crippen molar-refractivity contribution in [1.29, 1.82) is 0 Å². The molecule has 78 valence electrons. The SMILES string of the molecule is CC1=CC(=O)C(C)(O)c2ccc(C)cc21. The van der Waals surface area contributed by atoms with Crippen LogP contribution < -0.4 is 0 Å². The largest absolute Gasteiger partial charge is 0.377 e. The molecule has 0 bridgehead atoms. The molecule has 0 saturated carbocycles. The van der Waals surface area contributed by atoms with Crippen molar-refractivity contribution in [3.05, 3.63) is 41.0 Å². The minimum atomic E-state index is -1.37. The lowest BCUT2D eigenvalue weighted by molar-refractivity contribution is -0.131. The van der Waals surface area contributed by atoms with Gasteiger partial charge in [-0.1, -0.05) is 23.8 Å². The number of hydrogen-bond acceptors (Lipinski definition) is 2. The Morgan fingerprint density at radius 1 is 1.27 bits per heavy atom. The van der Waals surface area contributed by atoms with Gasteiger partial charge in [0, 0.05) is 0 Å². The third-order valence-electron chi connectivity index (χ3n) is 2.95. The summed E-state index contributed by atoms with van der Waals surface area (Å²) in [5.74, 6) is -0.239. The highest BCUT2D eigenvalue weighted by Crippen LogP contribution is 2.35. The lowest BCUT2D eigenvalue weighted by Crippen LogP contribution is -2.34. The van der Waals surface area contributed by atoms with Gasteiger partial charge in [0.15, 0.2) is 5.78 Å². The van der Waals surface area contributed by atoms with Gasteiger partial charge >= 0.3 is 0 Å². The molecule has 1 aromatic carbocycles. The molecular weight excluding hydrogens is 188 g/mol. The smallest absolute Gasteiger partial charge is 0.191 e. The summed E-state index contributed by atoms with van der Waals surface area (Å²) in [7, 11) is 0. The van der Waals surface area contributed by atoms with Crippen LogP contribution in [0.3, 0.4) is 0 Å². The van der Waals surface area contributed by atoms with E-state index in [4.69, 9.17) is 0 Å². The Labute approximate surface area is 89.2 Å². The van der Waals surface area contributed by atoms with Crippen molar-refractivity contribution in [1.82, 2.24) is 0 Å². The molecule has 1 aliphatic rings. The van der Waals surface area contributed by atoms with Gasteiger partial charge < -0.3 is 5.11 Å². The van der Waals surface area contributed by atoms with Gasteiger partial charge in [0.05, 0.1) is 0 Å². The predicted molar refractivity (Wildman–Crippen MR) is 59.4 cm³/mol. The van der Waals surface area contributed by atoms with Crippen LogP contribution in [0.4, 0.5) is 0 Å². The van der Waals surface area contributed by atoms with Gasteiger partial charge in [0.1, 0.15) is 5.60 Å². The fourth-order valence-electron chi connectivity index (χ4n) is 1.96. The van der Waals surface area contributed by atoms with E-state index in [9.17, 15) is 9.90 Å². The highest BCUT2D eigenvalue weighted by Gasteiger charge is 2.36. The Morgan fingerprint density at radius 3 is 2.60 bits per heavy atom. The minimum absolute atomic E-state index is 0.239. The van der Waals surface area contributed by atoms with Crippen molar-refractivity contribution < 1.29 is 9.90 Å². The lowest BCUT2D eigenvalue weighted by atomic mass is 9.80. The van der Waals surface area contributed by atoms with Crippen LogP contribution in [0.25, 0.3) is 5.57 Å². The number of hydrogen-bond donors (Lipinski definition) is 1. The molecule has 0 saturated heterocycles. The zero-order valence-corrected chi connectivity index (χ0v) is 9.16. The predicted octanol–water partition coefficient (Wildman–Crippen LogP) is 2.19. The Morgan fingerprint density at radius 2 is 1.93 bits per heavy atom. The highest BCUT2D eigenvalue weighted by atomic mass is 16.3. The highest BCUT2D eigenvalue weighted by molar-refractivity contribution is 6.06. The molecule has 0 aromatic heterocycles. The summed E-state index contributed by atoms with van der Waals surface area (Å²) in [6.07, 6.45) is 1.52. The molecular formula is C13H14O2. The first-order valence-corrected chi connectivity index (χ1v) is 4.99. The van der Waals surface area contributed by atoms with Crippen LogP contribution in [0.1, 0.15) is 30.5 Å². The van der Waals surface area contributed by atoms with Crippen molar-refractivity contribution in [3.63, 3.8) is 0 Å². The van der Waals surface area contributed by atoms with Crippen LogP contribution in [-0.2, 0) is 10.4 Å². The van der Waals surface area contributed by atoms with Gasteiger partial charge in [0.25, 0.3) is 0 Å². The van der Waals surface area contributed by atoms with Crippen LogP contribution in [0.5, 0.6) is 0 Å². The summed E-state index contributed by atoms with van der Waals surface area (Å²) in [5.41, 5.74) is 2.36. The molecule has 1 N–H and O–H groups in total. The number of ketones is 1. The molecule has 2 heteroatoms. The molecule has 0 amide bonds. The number of rotatable bonds is 0. The maximum absolute atomic E-state index is 11.6. The van der Waals surface area contributed by atoms with E-state index in [1.807, 2.05) is 32.0 Å². The zero-order valence-electron chi connectivity index (χ0n) is 9.16. The standard InChI is InChI=1S/C13H14O2/c1-8-4-5-11-10(6-8)9(2)7-12(14)13(11,3)15/h4-7,15H,1-3H3. The summed E-state index contributed by atoms with van der Waals surface area (Å²) in [5, 5.41) is 10.1. The summed E-state index contributed by atoms with van der Waals surface area (Å²) in [6.45, 7) is 5.44. The second-order valence-electron chi connectivity index (χ2n) is 4.31. The van der Waals surface area contributed by atoms with Crippen molar-refractivity contribution in [2.24, 2.45) is 0 Å². The van der Waals surface area contributed by atoms with E-state index in [0.717, 1.165) is 16.7 Å². The van der Waals surface area contributed by atoms with Gasteiger partial charge in [-0.15, -0.1) is 0 Å². The van der Waals surface area contributed by atoms with Gasteiger partial charge in [-0.25, -0.2) is 0 Å². The molecule has 0 radical (unpaired) electrons. The van der Waals surface area contributed by atoms with E-state index in [1.54, 1.807) is 6.92 Å². The maximum atomic E-state index is 11.6. The molecule has 0 fully saturated rings. The summed E-state index contributed by atoms with van der Waals surface area (Å²) in [6, 6.07) is 5.75. The molecule has 0 aliphatic heterocycles. The quantitative estimate of drug-likeness (QED) is 0.700. The van der Waals surface area contributed by atoms with Crippen LogP contribution >= 0.6 is 0 Å². The Kier molecular flexibility index (Phi) is 2.05. The summed E-state index contributed by atoms with van der Waals surface area (Å²) < 4.78 is 0. The topological polar surface area (TPSA) is 37.3 Å². The van der Waals surface area contributed by atoms with Crippen LogP contribution in [-0.4, -0.2) is 10.9 Å². The molecule has 1 unspecified atom stereocenters. The first kappa shape index (κ1) is 10.1. The summed E-state index contributed by atoms with van der Waals surface area (Å²) >= 11 is 0. The van der Waals surface area contributed by atoms with E-state index >= 15 is 0 Å². The number of aryl methyl sites for hydroxylation is 1. The minimum Gasteiger partial charge on any atom is -0.377 e. The van der Waals surface area contributed by atoms with E-state index in [-0.39, 0.29) is 5.78 Å². The monoisotopic (exact) mass is 202 g/mol. The fraction of sp³-hybridized carbons (Fsp3) is 0.308. The molecule has 2 nitrogen and oxygen atoms in total. The Balaban J connectivity index is 2.74. The number of carbonyl (C=O) groups is 1. The van der Waals surface area contributed by atoms with Crippen LogP contribution in [0, 0.1) is 6.92 Å². The second kappa shape index (κ2) is 3.04. The van der Waals surface area contributed by atoms with Crippen LogP contribution in [0.15, 0.2) is 24.3 Å². The normalized spacial score (nSPS) is 24.8. The molecule has 1 aromatic rings. The van der Waals surface area contributed by atoms with E-state index in [0.29, 0.717) is 5.56 Å². The van der Waals surface area contributed by atoms with Crippen molar-refractivity contribution >= 4 is 11.4 Å². The van der Waals surface area contributed by atoms with E-state index < -0.39 is 5.60 Å². The molecule has 0 heterocycles. The third kappa shape index (κ3) is 1.41. The molecule has 1 aliphatic carbocycles. The zero-order chi connectivity index (χ0) is 11.2. The summed E-state index contributed by atoms with van der Waals surface area (Å²) in [4.78, 5) is 11.6. The van der Waals surface area contributed by atoms with E-state index in [1.165, 1.54) is 6.08 Å². The molecule has 15 heavy (non-hydrogen) atoms. The van der Waals surface area contributed by atoms with Crippen molar-refractivity contribution in [3.8, 4) is 0 Å². The Bertz CT molecular complexity index is 467. The maximum Gasteiger partial charge on any atom is 0.191 e. The first-order valence-electron chi connectivity index (χ1n) is 4.99. The Hall–Kier alpha value is -1.41. The van der Waals surface area contributed by atoms with Crippen LogP contribution in [0.2, 0.25) is 0 Å². The fourth-order valence-corrected chi connectivity index (χ4v) is 1.96. The van der Waals surface area contributed by atoms with Gasteiger partial charge in [0.2, 0.25) is 0 Å². The molecule has 0 spiro atoms. The average Bonchev–Trinajstić information content (AvgIpc) is 2.15. The first-order chi connectivity index (χ1) is 6.93. The van der Waals surface area contributed by atoms with Gasteiger partial charge in [-0.05, 0) is 43.5 Å². The van der Waals surface area contributed by atoms with Crippen molar-refractivity contribution in [2.75, 3.05) is 0 Å². The second-order valence-corrected chi connectivity index (χ2v) is 4.31. The molecule has 1 atom stereocenters. The molecule has 2 rings (SSSR count). The number of allylic oxidation sites excluding steroid dienone is 1. The van der Waals surface area contributed by atoms with E-state index in [2.05, 4.69) is 0 Å². The number of carbonyl (C=O) groups excluding carboxylic acids is 1. The number of benzene rings is 1. The lowest BCUT2D eigenvalue weighted by Gasteiger charge is -2.28. The average molecular weight is 202 g/mol. The third-order valence-corrected chi connectivity index (χ3v) is 2.95.